The van der Waals surface area contributed by atoms with Gasteiger partial charge in [-0.1, -0.05) is 23.7 Å². The fourth-order valence-electron chi connectivity index (χ4n) is 2.34. The normalized spacial score (nSPS) is 10.8. The average Bonchev–Trinajstić information content (AvgIpc) is 2.48. The lowest BCUT2D eigenvalue weighted by Crippen LogP contribution is -2.09. The minimum atomic E-state index is -0.262. The highest BCUT2D eigenvalue weighted by molar-refractivity contribution is 6.31. The van der Waals surface area contributed by atoms with Crippen molar-refractivity contribution in [2.45, 2.75) is 6.92 Å². The molecule has 4 nitrogen and oxygen atoms in total. The summed E-state index contributed by atoms with van der Waals surface area (Å²) in [6.45, 7) is 1.99. The van der Waals surface area contributed by atoms with E-state index in [1.165, 1.54) is 0 Å². The first-order valence-electron chi connectivity index (χ1n) is 6.43. The molecule has 0 aliphatic rings. The number of hydrogen-bond donors (Lipinski definition) is 1. The Morgan fingerprint density at radius 1 is 1.14 bits per heavy atom. The van der Waals surface area contributed by atoms with Gasteiger partial charge in [-0.15, -0.1) is 0 Å². The first-order chi connectivity index (χ1) is 10.1. The molecule has 3 aromatic rings. The lowest BCUT2D eigenvalue weighted by atomic mass is 10.0. The highest BCUT2D eigenvalue weighted by Gasteiger charge is 2.13. The van der Waals surface area contributed by atoms with Crippen molar-refractivity contribution in [2.75, 3.05) is 7.11 Å². The van der Waals surface area contributed by atoms with Gasteiger partial charge in [0.2, 0.25) is 0 Å². The molecule has 0 bridgehead atoms. The van der Waals surface area contributed by atoms with Gasteiger partial charge in [0.05, 0.1) is 12.5 Å². The molecule has 0 radical (unpaired) electrons. The SMILES string of the molecule is COc1cc(C)ccc1-c1n[nH]c(=O)c2cc(Cl)ccc12. The molecule has 1 aromatic heterocycles. The monoisotopic (exact) mass is 300 g/mol. The summed E-state index contributed by atoms with van der Waals surface area (Å²) >= 11 is 5.97. The molecule has 0 aliphatic carbocycles. The van der Waals surface area contributed by atoms with Crippen LogP contribution in [0.4, 0.5) is 0 Å². The third-order valence-corrected chi connectivity index (χ3v) is 3.60. The number of nitrogens with one attached hydrogen (secondary N) is 1. The zero-order valence-corrected chi connectivity index (χ0v) is 12.4. The maximum Gasteiger partial charge on any atom is 0.272 e. The van der Waals surface area contributed by atoms with Gasteiger partial charge in [0.15, 0.2) is 0 Å². The number of aromatic nitrogens is 2. The highest BCUT2D eigenvalue weighted by atomic mass is 35.5. The van der Waals surface area contributed by atoms with Gasteiger partial charge in [-0.05, 0) is 36.8 Å². The maximum atomic E-state index is 11.9. The number of benzene rings is 2. The average molecular weight is 301 g/mol. The van der Waals surface area contributed by atoms with Gasteiger partial charge < -0.3 is 4.74 Å². The van der Waals surface area contributed by atoms with Crippen molar-refractivity contribution in [2.24, 2.45) is 0 Å². The molecule has 0 atom stereocenters. The Balaban J connectivity index is 2.36. The quantitative estimate of drug-likeness (QED) is 0.787. The van der Waals surface area contributed by atoms with Crippen LogP contribution in [0.1, 0.15) is 5.56 Å². The van der Waals surface area contributed by atoms with Crippen molar-refractivity contribution >= 4 is 22.4 Å². The number of fused-ring (bicyclic) bond motifs is 1. The number of ether oxygens (including phenoxy) is 1. The molecule has 0 fully saturated rings. The smallest absolute Gasteiger partial charge is 0.272 e. The molecule has 0 unspecified atom stereocenters. The molecule has 0 saturated carbocycles. The molecule has 5 heteroatoms. The number of halogens is 1. The molecule has 3 rings (SSSR count). The number of aryl methyl sites for hydroxylation is 1. The second-order valence-corrected chi connectivity index (χ2v) is 5.23. The molecular weight excluding hydrogens is 288 g/mol. The Hall–Kier alpha value is -2.33. The van der Waals surface area contributed by atoms with Crippen LogP contribution in [0.3, 0.4) is 0 Å². The number of rotatable bonds is 2. The van der Waals surface area contributed by atoms with Crippen molar-refractivity contribution in [3.05, 3.63) is 57.3 Å². The molecule has 21 heavy (non-hydrogen) atoms. The Labute approximate surface area is 126 Å². The van der Waals surface area contributed by atoms with E-state index in [2.05, 4.69) is 10.2 Å². The molecule has 2 aromatic carbocycles. The Bertz CT molecular complexity index is 887. The van der Waals surface area contributed by atoms with E-state index in [1.807, 2.05) is 25.1 Å². The summed E-state index contributed by atoms with van der Waals surface area (Å²) < 4.78 is 5.43. The molecule has 106 valence electrons. The van der Waals surface area contributed by atoms with E-state index in [1.54, 1.807) is 25.3 Å². The topological polar surface area (TPSA) is 55.0 Å². The van der Waals surface area contributed by atoms with Crippen molar-refractivity contribution < 1.29 is 4.74 Å². The molecule has 0 saturated heterocycles. The lowest BCUT2D eigenvalue weighted by molar-refractivity contribution is 0.416. The molecule has 0 aliphatic heterocycles. The Morgan fingerprint density at radius 3 is 2.71 bits per heavy atom. The third kappa shape index (κ3) is 2.38. The van der Waals surface area contributed by atoms with E-state index in [0.717, 1.165) is 16.5 Å². The van der Waals surface area contributed by atoms with Gasteiger partial charge in [-0.2, -0.15) is 5.10 Å². The number of nitrogens with zero attached hydrogens (tertiary/aromatic N) is 1. The van der Waals surface area contributed by atoms with Crippen LogP contribution in [0.5, 0.6) is 5.75 Å². The summed E-state index contributed by atoms with van der Waals surface area (Å²) in [6.07, 6.45) is 0. The Morgan fingerprint density at radius 2 is 1.95 bits per heavy atom. The van der Waals surface area contributed by atoms with E-state index in [0.29, 0.717) is 21.9 Å². The maximum absolute atomic E-state index is 11.9. The van der Waals surface area contributed by atoms with Crippen molar-refractivity contribution in [1.29, 1.82) is 0 Å². The lowest BCUT2D eigenvalue weighted by Gasteiger charge is -2.10. The summed E-state index contributed by atoms with van der Waals surface area (Å²) in [4.78, 5) is 11.9. The number of aromatic amines is 1. The van der Waals surface area contributed by atoms with Gasteiger partial charge in [-0.3, -0.25) is 4.79 Å². The summed E-state index contributed by atoms with van der Waals surface area (Å²) in [5.74, 6) is 0.714. The minimum absolute atomic E-state index is 0.262. The number of H-pyrrole nitrogens is 1. The van der Waals surface area contributed by atoms with E-state index < -0.39 is 0 Å². The zero-order chi connectivity index (χ0) is 15.0. The second-order valence-electron chi connectivity index (χ2n) is 4.79. The number of methoxy groups -OCH3 is 1. The van der Waals surface area contributed by atoms with Crippen molar-refractivity contribution in [1.82, 2.24) is 10.2 Å². The van der Waals surface area contributed by atoms with Crippen molar-refractivity contribution in [3.63, 3.8) is 0 Å². The summed E-state index contributed by atoms with van der Waals surface area (Å²) in [6, 6.07) is 11.0. The zero-order valence-electron chi connectivity index (χ0n) is 11.6. The van der Waals surface area contributed by atoms with Gasteiger partial charge in [0.1, 0.15) is 11.4 Å². The summed E-state index contributed by atoms with van der Waals surface area (Å²) in [5, 5.41) is 8.46. The van der Waals surface area contributed by atoms with E-state index in [4.69, 9.17) is 16.3 Å². The largest absolute Gasteiger partial charge is 0.496 e. The minimum Gasteiger partial charge on any atom is -0.496 e. The van der Waals surface area contributed by atoms with Crippen LogP contribution in [0.25, 0.3) is 22.0 Å². The third-order valence-electron chi connectivity index (χ3n) is 3.36. The fourth-order valence-corrected chi connectivity index (χ4v) is 2.51. The molecule has 0 spiro atoms. The van der Waals surface area contributed by atoms with Gasteiger partial charge in [-0.25, -0.2) is 5.10 Å². The van der Waals surface area contributed by atoms with E-state index in [-0.39, 0.29) is 5.56 Å². The van der Waals surface area contributed by atoms with Crippen molar-refractivity contribution in [3.8, 4) is 17.0 Å². The van der Waals surface area contributed by atoms with Crippen LogP contribution >= 0.6 is 11.6 Å². The summed E-state index contributed by atoms with van der Waals surface area (Å²) in [7, 11) is 1.61. The van der Waals surface area contributed by atoms with Crippen LogP contribution in [0.15, 0.2) is 41.2 Å². The van der Waals surface area contributed by atoms with Gasteiger partial charge in [0, 0.05) is 16.0 Å². The first kappa shape index (κ1) is 13.6. The molecule has 1 N–H and O–H groups in total. The van der Waals surface area contributed by atoms with Crippen LogP contribution < -0.4 is 10.3 Å². The standard InChI is InChI=1S/C16H13ClN2O2/c1-9-3-5-12(14(7-9)21-2)15-11-6-4-10(17)8-13(11)16(20)19-18-15/h3-8H,1-2H3,(H,19,20). The highest BCUT2D eigenvalue weighted by Crippen LogP contribution is 2.33. The van der Waals surface area contributed by atoms with Crippen LogP contribution in [0, 0.1) is 6.92 Å². The first-order valence-corrected chi connectivity index (χ1v) is 6.81. The molecular formula is C16H13ClN2O2. The summed E-state index contributed by atoms with van der Waals surface area (Å²) in [5.41, 5.74) is 2.32. The number of hydrogen-bond acceptors (Lipinski definition) is 3. The van der Waals surface area contributed by atoms with Gasteiger partial charge in [0.25, 0.3) is 5.56 Å². The van der Waals surface area contributed by atoms with Crippen LogP contribution in [-0.4, -0.2) is 17.3 Å². The molecule has 1 heterocycles. The molecule has 0 amide bonds. The second kappa shape index (κ2) is 5.22. The predicted octanol–water partition coefficient (Wildman–Crippen LogP) is 3.56. The van der Waals surface area contributed by atoms with Gasteiger partial charge >= 0.3 is 0 Å². The van der Waals surface area contributed by atoms with E-state index in [9.17, 15) is 4.79 Å². The Kier molecular flexibility index (Phi) is 3.39. The van der Waals surface area contributed by atoms with E-state index >= 15 is 0 Å². The van der Waals surface area contributed by atoms with Crippen LogP contribution in [-0.2, 0) is 0 Å². The predicted molar refractivity (Wildman–Crippen MR) is 84.1 cm³/mol. The van der Waals surface area contributed by atoms with Crippen LogP contribution in [0.2, 0.25) is 5.02 Å². The fraction of sp³-hybridized carbons (Fsp3) is 0.125.